The van der Waals surface area contributed by atoms with Crippen molar-refractivity contribution in [3.63, 3.8) is 0 Å². The van der Waals surface area contributed by atoms with Gasteiger partial charge in [-0.1, -0.05) is 74.7 Å². The minimum absolute atomic E-state index is 0.655. The SMILES string of the molecule is CCCC(CCC)=C1c2ccccc2COc2ccccc21. The molecule has 0 aromatic heterocycles. The third-order valence-electron chi connectivity index (χ3n) is 4.28. The van der Waals surface area contributed by atoms with E-state index in [1.807, 2.05) is 0 Å². The van der Waals surface area contributed by atoms with E-state index in [0.29, 0.717) is 6.61 Å². The predicted molar refractivity (Wildman–Crippen MR) is 93.1 cm³/mol. The quantitative estimate of drug-likeness (QED) is 0.673. The average Bonchev–Trinajstić information content (AvgIpc) is 2.71. The van der Waals surface area contributed by atoms with Crippen molar-refractivity contribution in [2.45, 2.75) is 46.1 Å². The van der Waals surface area contributed by atoms with Crippen LogP contribution in [0.25, 0.3) is 5.57 Å². The molecule has 0 amide bonds. The number of hydrogen-bond donors (Lipinski definition) is 0. The van der Waals surface area contributed by atoms with E-state index in [2.05, 4.69) is 62.4 Å². The molecule has 0 saturated heterocycles. The fourth-order valence-electron chi connectivity index (χ4n) is 3.35. The fraction of sp³-hybridized carbons (Fsp3) is 0.333. The molecule has 0 saturated carbocycles. The Morgan fingerprint density at radius 3 is 2.23 bits per heavy atom. The number of fused-ring (bicyclic) bond motifs is 2. The summed E-state index contributed by atoms with van der Waals surface area (Å²) in [5.74, 6) is 1.01. The first-order valence-corrected chi connectivity index (χ1v) is 8.37. The summed E-state index contributed by atoms with van der Waals surface area (Å²) in [4.78, 5) is 0. The molecule has 3 rings (SSSR count). The van der Waals surface area contributed by atoms with Gasteiger partial charge in [0, 0.05) is 5.56 Å². The van der Waals surface area contributed by atoms with Crippen LogP contribution in [-0.4, -0.2) is 0 Å². The zero-order valence-electron chi connectivity index (χ0n) is 13.6. The van der Waals surface area contributed by atoms with Gasteiger partial charge in [-0.2, -0.15) is 0 Å². The summed E-state index contributed by atoms with van der Waals surface area (Å²) in [6.07, 6.45) is 4.69. The standard InChI is InChI=1S/C21H24O/c1-3-9-16(10-4-2)21-18-12-6-5-11-17(18)15-22-20-14-8-7-13-19(20)21/h5-8,11-14H,3-4,9-10,15H2,1-2H3. The molecule has 0 unspecified atom stereocenters. The lowest BCUT2D eigenvalue weighted by Gasteiger charge is -2.17. The molecule has 1 aliphatic rings. The molecule has 0 N–H and O–H groups in total. The minimum atomic E-state index is 0.655. The maximum atomic E-state index is 6.08. The highest BCUT2D eigenvalue weighted by molar-refractivity contribution is 5.86. The molecule has 1 aliphatic heterocycles. The van der Waals surface area contributed by atoms with Gasteiger partial charge in [0.25, 0.3) is 0 Å². The maximum Gasteiger partial charge on any atom is 0.127 e. The van der Waals surface area contributed by atoms with Gasteiger partial charge < -0.3 is 4.74 Å². The minimum Gasteiger partial charge on any atom is -0.488 e. The number of para-hydroxylation sites is 1. The Morgan fingerprint density at radius 2 is 1.50 bits per heavy atom. The first-order chi connectivity index (χ1) is 10.8. The zero-order chi connectivity index (χ0) is 15.4. The van der Waals surface area contributed by atoms with Crippen molar-refractivity contribution in [1.82, 2.24) is 0 Å². The second kappa shape index (κ2) is 6.83. The molecule has 1 nitrogen and oxygen atoms in total. The smallest absolute Gasteiger partial charge is 0.127 e. The Labute approximate surface area is 133 Å². The van der Waals surface area contributed by atoms with Crippen LogP contribution in [0.3, 0.4) is 0 Å². The highest BCUT2D eigenvalue weighted by Crippen LogP contribution is 2.40. The van der Waals surface area contributed by atoms with Crippen molar-refractivity contribution in [3.05, 3.63) is 70.8 Å². The summed E-state index contributed by atoms with van der Waals surface area (Å²) >= 11 is 0. The van der Waals surface area contributed by atoms with Gasteiger partial charge in [0.1, 0.15) is 12.4 Å². The van der Waals surface area contributed by atoms with Crippen molar-refractivity contribution in [1.29, 1.82) is 0 Å². The van der Waals surface area contributed by atoms with E-state index in [1.54, 1.807) is 5.57 Å². The summed E-state index contributed by atoms with van der Waals surface area (Å²) in [6, 6.07) is 17.2. The van der Waals surface area contributed by atoms with E-state index in [1.165, 1.54) is 35.1 Å². The van der Waals surface area contributed by atoms with Crippen molar-refractivity contribution in [2.24, 2.45) is 0 Å². The van der Waals surface area contributed by atoms with Crippen LogP contribution in [-0.2, 0) is 6.61 Å². The number of rotatable bonds is 4. The molecule has 0 radical (unpaired) electrons. The van der Waals surface area contributed by atoms with Gasteiger partial charge >= 0.3 is 0 Å². The molecule has 1 heterocycles. The van der Waals surface area contributed by atoms with Crippen molar-refractivity contribution in [2.75, 3.05) is 0 Å². The van der Waals surface area contributed by atoms with E-state index in [4.69, 9.17) is 4.74 Å². The highest BCUT2D eigenvalue weighted by Gasteiger charge is 2.21. The third-order valence-corrected chi connectivity index (χ3v) is 4.28. The zero-order valence-corrected chi connectivity index (χ0v) is 13.6. The van der Waals surface area contributed by atoms with Crippen LogP contribution >= 0.6 is 0 Å². The number of benzene rings is 2. The van der Waals surface area contributed by atoms with Gasteiger partial charge in [-0.3, -0.25) is 0 Å². The fourth-order valence-corrected chi connectivity index (χ4v) is 3.35. The molecule has 114 valence electrons. The van der Waals surface area contributed by atoms with Gasteiger partial charge in [-0.05, 0) is 35.6 Å². The average molecular weight is 292 g/mol. The summed E-state index contributed by atoms with van der Waals surface area (Å²) in [6.45, 7) is 5.19. The largest absolute Gasteiger partial charge is 0.488 e. The highest BCUT2D eigenvalue weighted by atomic mass is 16.5. The summed E-state index contributed by atoms with van der Waals surface area (Å²) < 4.78 is 6.08. The molecule has 2 aromatic carbocycles. The molecule has 1 heteroatoms. The molecular weight excluding hydrogens is 268 g/mol. The summed E-state index contributed by atoms with van der Waals surface area (Å²) in [5, 5.41) is 0. The molecule has 0 fully saturated rings. The Balaban J connectivity index is 2.27. The van der Waals surface area contributed by atoms with E-state index < -0.39 is 0 Å². The first kappa shape index (κ1) is 14.9. The molecule has 0 atom stereocenters. The number of hydrogen-bond acceptors (Lipinski definition) is 1. The van der Waals surface area contributed by atoms with Crippen molar-refractivity contribution < 1.29 is 4.74 Å². The van der Waals surface area contributed by atoms with Crippen LogP contribution in [0.4, 0.5) is 0 Å². The Morgan fingerprint density at radius 1 is 0.864 bits per heavy atom. The van der Waals surface area contributed by atoms with Crippen LogP contribution in [0.15, 0.2) is 54.1 Å². The molecule has 0 aliphatic carbocycles. The monoisotopic (exact) mass is 292 g/mol. The van der Waals surface area contributed by atoms with Crippen LogP contribution in [0.5, 0.6) is 5.75 Å². The molecule has 2 aromatic rings. The van der Waals surface area contributed by atoms with Crippen LogP contribution < -0.4 is 4.74 Å². The Hall–Kier alpha value is -2.02. The number of ether oxygens (including phenoxy) is 1. The van der Waals surface area contributed by atoms with E-state index in [9.17, 15) is 0 Å². The third kappa shape index (κ3) is 2.81. The Kier molecular flexibility index (Phi) is 4.62. The van der Waals surface area contributed by atoms with Crippen LogP contribution in [0.1, 0.15) is 56.2 Å². The second-order valence-electron chi connectivity index (χ2n) is 5.92. The molecule has 0 bridgehead atoms. The first-order valence-electron chi connectivity index (χ1n) is 8.37. The lowest BCUT2D eigenvalue weighted by molar-refractivity contribution is 0.307. The van der Waals surface area contributed by atoms with E-state index in [-0.39, 0.29) is 0 Å². The van der Waals surface area contributed by atoms with Gasteiger partial charge in [-0.15, -0.1) is 0 Å². The molecular formula is C21H24O. The van der Waals surface area contributed by atoms with Gasteiger partial charge in [0.15, 0.2) is 0 Å². The maximum absolute atomic E-state index is 6.08. The summed E-state index contributed by atoms with van der Waals surface area (Å²) in [7, 11) is 0. The predicted octanol–water partition coefficient (Wildman–Crippen LogP) is 5.98. The lowest BCUT2D eigenvalue weighted by Crippen LogP contribution is -1.97. The van der Waals surface area contributed by atoms with E-state index >= 15 is 0 Å². The van der Waals surface area contributed by atoms with E-state index in [0.717, 1.165) is 18.6 Å². The lowest BCUT2D eigenvalue weighted by atomic mass is 9.87. The van der Waals surface area contributed by atoms with Gasteiger partial charge in [0.2, 0.25) is 0 Å². The van der Waals surface area contributed by atoms with Crippen molar-refractivity contribution in [3.8, 4) is 5.75 Å². The van der Waals surface area contributed by atoms with Gasteiger partial charge in [-0.25, -0.2) is 0 Å². The Bertz CT molecular complexity index is 624. The normalized spacial score (nSPS) is 12.9. The second-order valence-corrected chi connectivity index (χ2v) is 5.92. The number of allylic oxidation sites excluding steroid dienone is 1. The van der Waals surface area contributed by atoms with Crippen LogP contribution in [0.2, 0.25) is 0 Å². The molecule has 22 heavy (non-hydrogen) atoms. The van der Waals surface area contributed by atoms with Gasteiger partial charge in [0.05, 0.1) is 0 Å². The molecule has 0 spiro atoms. The van der Waals surface area contributed by atoms with Crippen molar-refractivity contribution >= 4 is 5.57 Å². The van der Waals surface area contributed by atoms with Crippen LogP contribution in [0, 0.1) is 0 Å². The topological polar surface area (TPSA) is 9.23 Å². The summed E-state index contributed by atoms with van der Waals surface area (Å²) in [5.41, 5.74) is 6.87.